The van der Waals surface area contributed by atoms with Crippen molar-refractivity contribution in [2.75, 3.05) is 0 Å². The van der Waals surface area contributed by atoms with Gasteiger partial charge in [0.2, 0.25) is 0 Å². The third-order valence-corrected chi connectivity index (χ3v) is 6.17. The molecule has 114 valence electrons. The van der Waals surface area contributed by atoms with Gasteiger partial charge in [0.15, 0.2) is 0 Å². The fraction of sp³-hybridized carbons (Fsp3) is 0.400. The Hall–Kier alpha value is -0.830. The number of benzene rings is 2. The third-order valence-electron chi connectivity index (χ3n) is 3.49. The normalized spacial score (nSPS) is 12.1. The molecule has 1 heteroatoms. The molecule has 0 aliphatic carbocycles. The first-order valence-corrected chi connectivity index (χ1v) is 9.84. The summed E-state index contributed by atoms with van der Waals surface area (Å²) in [5, 5.41) is 0. The van der Waals surface area contributed by atoms with Gasteiger partial charge in [-0.1, -0.05) is 0 Å². The van der Waals surface area contributed by atoms with Gasteiger partial charge in [-0.15, -0.1) is 0 Å². The molecule has 21 heavy (non-hydrogen) atoms. The van der Waals surface area contributed by atoms with Crippen LogP contribution in [0.1, 0.15) is 45.7 Å². The Labute approximate surface area is 140 Å². The van der Waals surface area contributed by atoms with Crippen LogP contribution in [-0.2, 0) is 11.8 Å². The summed E-state index contributed by atoms with van der Waals surface area (Å²) < 4.78 is 3.00. The molecule has 0 amide bonds. The fourth-order valence-corrected chi connectivity index (χ4v) is 4.45. The number of halogens is 1. The van der Waals surface area contributed by atoms with Crippen LogP contribution in [0.25, 0.3) is 0 Å². The molecule has 0 spiro atoms. The molecule has 0 aliphatic rings. The molecular weight excluding hydrogens is 367 g/mol. The molecule has 0 nitrogen and oxygen atoms in total. The second kappa shape index (κ2) is 6.95. The van der Waals surface area contributed by atoms with Crippen LogP contribution < -0.4 is 21.2 Å². The number of hydrogen-bond acceptors (Lipinski definition) is 0. The molecular formula is C20H26I-. The molecule has 2 aromatic rings. The molecule has 0 N–H and O–H groups in total. The van der Waals surface area contributed by atoms with Crippen molar-refractivity contribution < 1.29 is 21.2 Å². The molecule has 0 atom stereocenters. The van der Waals surface area contributed by atoms with Crippen molar-refractivity contribution in [3.8, 4) is 0 Å². The molecule has 0 aliphatic heterocycles. The van der Waals surface area contributed by atoms with Gasteiger partial charge in [-0.3, -0.25) is 0 Å². The van der Waals surface area contributed by atoms with Crippen molar-refractivity contribution >= 4 is 0 Å². The zero-order valence-electron chi connectivity index (χ0n) is 13.8. The van der Waals surface area contributed by atoms with E-state index in [4.69, 9.17) is 0 Å². The van der Waals surface area contributed by atoms with Crippen LogP contribution in [0.2, 0.25) is 0 Å². The van der Waals surface area contributed by atoms with E-state index in [9.17, 15) is 0 Å². The SMILES string of the molecule is CC(C)Cc1ccc([I-]c2ccc(C(C)(C)C)cc2)cc1. The predicted octanol–water partition coefficient (Wildman–Crippen LogP) is 2.31. The minimum absolute atomic E-state index is 0.0546. The Kier molecular flexibility index (Phi) is 5.48. The van der Waals surface area contributed by atoms with Crippen LogP contribution in [0.15, 0.2) is 48.5 Å². The number of hydrogen-bond donors (Lipinski definition) is 0. The average Bonchev–Trinajstić information content (AvgIpc) is 2.40. The molecule has 0 fully saturated rings. The molecule has 0 saturated carbocycles. The van der Waals surface area contributed by atoms with E-state index in [0.717, 1.165) is 5.92 Å². The van der Waals surface area contributed by atoms with Gasteiger partial charge in [-0.2, -0.15) is 0 Å². The summed E-state index contributed by atoms with van der Waals surface area (Å²) in [6, 6.07) is 18.5. The van der Waals surface area contributed by atoms with Gasteiger partial charge in [0.25, 0.3) is 0 Å². The van der Waals surface area contributed by atoms with Crippen LogP contribution in [0, 0.1) is 13.1 Å². The van der Waals surface area contributed by atoms with Crippen LogP contribution in [-0.4, -0.2) is 0 Å². The van der Waals surface area contributed by atoms with E-state index in [1.165, 1.54) is 24.7 Å². The van der Waals surface area contributed by atoms with E-state index in [1.54, 1.807) is 0 Å². The topological polar surface area (TPSA) is 0 Å². The first kappa shape index (κ1) is 16.5. The fourth-order valence-electron chi connectivity index (χ4n) is 2.29. The van der Waals surface area contributed by atoms with E-state index in [2.05, 4.69) is 83.1 Å². The molecule has 0 bridgehead atoms. The molecule has 0 aromatic heterocycles. The standard InChI is InChI=1S/C20H26I/c1-15(2)14-16-6-10-18(11-7-16)21-19-12-8-17(9-13-19)20(3,4)5/h6-13,15H,14H2,1-5H3/q-1. The van der Waals surface area contributed by atoms with Crippen molar-refractivity contribution in [3.63, 3.8) is 0 Å². The Morgan fingerprint density at radius 2 is 1.29 bits per heavy atom. The first-order chi connectivity index (χ1) is 9.84. The Morgan fingerprint density at radius 3 is 1.71 bits per heavy atom. The molecule has 0 saturated heterocycles. The average molecular weight is 393 g/mol. The molecule has 0 unspecified atom stereocenters. The summed E-state index contributed by atoms with van der Waals surface area (Å²) in [6.45, 7) is 11.4. The van der Waals surface area contributed by atoms with E-state index in [0.29, 0.717) is 0 Å². The zero-order chi connectivity index (χ0) is 15.5. The van der Waals surface area contributed by atoms with Gasteiger partial charge in [-0.05, 0) is 0 Å². The van der Waals surface area contributed by atoms with Crippen LogP contribution in [0.5, 0.6) is 0 Å². The van der Waals surface area contributed by atoms with E-state index >= 15 is 0 Å². The first-order valence-electron chi connectivity index (χ1n) is 7.69. The van der Waals surface area contributed by atoms with E-state index in [1.807, 2.05) is 0 Å². The van der Waals surface area contributed by atoms with Gasteiger partial charge >= 0.3 is 140 Å². The van der Waals surface area contributed by atoms with Gasteiger partial charge in [0.05, 0.1) is 0 Å². The Bertz CT molecular complexity index is 556. The monoisotopic (exact) mass is 393 g/mol. The summed E-state index contributed by atoms with van der Waals surface area (Å²) in [5.41, 5.74) is 3.12. The van der Waals surface area contributed by atoms with Crippen molar-refractivity contribution in [2.45, 2.75) is 46.5 Å². The van der Waals surface area contributed by atoms with E-state index < -0.39 is 0 Å². The van der Waals surface area contributed by atoms with E-state index in [-0.39, 0.29) is 26.6 Å². The second-order valence-corrected chi connectivity index (χ2v) is 10.1. The molecule has 2 rings (SSSR count). The van der Waals surface area contributed by atoms with Gasteiger partial charge in [0.1, 0.15) is 0 Å². The Balaban J connectivity index is 2.04. The van der Waals surface area contributed by atoms with Crippen molar-refractivity contribution in [1.82, 2.24) is 0 Å². The summed E-state index contributed by atoms with van der Waals surface area (Å²) in [4.78, 5) is 0. The molecule has 0 heterocycles. The Morgan fingerprint density at radius 1 is 0.810 bits per heavy atom. The van der Waals surface area contributed by atoms with Crippen LogP contribution in [0.3, 0.4) is 0 Å². The van der Waals surface area contributed by atoms with Gasteiger partial charge in [-0.25, -0.2) is 0 Å². The molecule has 0 radical (unpaired) electrons. The summed E-state index contributed by atoms with van der Waals surface area (Å²) >= 11 is -0.0546. The van der Waals surface area contributed by atoms with Gasteiger partial charge < -0.3 is 0 Å². The van der Waals surface area contributed by atoms with Crippen LogP contribution in [0.4, 0.5) is 0 Å². The number of rotatable bonds is 4. The zero-order valence-corrected chi connectivity index (χ0v) is 15.9. The predicted molar refractivity (Wildman–Crippen MR) is 87.5 cm³/mol. The van der Waals surface area contributed by atoms with Crippen molar-refractivity contribution in [1.29, 1.82) is 0 Å². The summed E-state index contributed by atoms with van der Waals surface area (Å²) in [6.07, 6.45) is 1.18. The van der Waals surface area contributed by atoms with Crippen molar-refractivity contribution in [2.24, 2.45) is 5.92 Å². The van der Waals surface area contributed by atoms with Crippen LogP contribution >= 0.6 is 0 Å². The third kappa shape index (κ3) is 5.14. The maximum absolute atomic E-state index is 2.32. The summed E-state index contributed by atoms with van der Waals surface area (Å²) in [5.74, 6) is 0.732. The maximum atomic E-state index is 2.32. The minimum atomic E-state index is -0.0546. The second-order valence-electron chi connectivity index (χ2n) is 7.08. The summed E-state index contributed by atoms with van der Waals surface area (Å²) in [7, 11) is 0. The van der Waals surface area contributed by atoms with Gasteiger partial charge in [0, 0.05) is 0 Å². The van der Waals surface area contributed by atoms with Crippen molar-refractivity contribution in [3.05, 3.63) is 66.8 Å². The quantitative estimate of drug-likeness (QED) is 0.700. The molecule has 2 aromatic carbocycles.